The van der Waals surface area contributed by atoms with Crippen LogP contribution in [-0.2, 0) is 9.84 Å². The van der Waals surface area contributed by atoms with Gasteiger partial charge in [0, 0.05) is 19.0 Å². The number of nitrogens with two attached hydrogens (primary N) is 1. The molecule has 0 aliphatic carbocycles. The summed E-state index contributed by atoms with van der Waals surface area (Å²) in [4.78, 5) is 0. The van der Waals surface area contributed by atoms with Gasteiger partial charge in [-0.25, -0.2) is 8.42 Å². The highest BCUT2D eigenvalue weighted by Gasteiger charge is 2.19. The van der Waals surface area contributed by atoms with Gasteiger partial charge >= 0.3 is 0 Å². The normalized spacial score (nSPS) is 12.2. The molecule has 0 radical (unpaired) electrons. The Kier molecular flexibility index (Phi) is 4.85. The molecule has 0 bridgehead atoms. The van der Waals surface area contributed by atoms with Crippen molar-refractivity contribution in [1.82, 2.24) is 5.01 Å². The third-order valence-electron chi connectivity index (χ3n) is 1.67. The number of hydrogen-bond acceptors (Lipinski definition) is 6. The molecule has 0 unspecified atom stereocenters. The van der Waals surface area contributed by atoms with Crippen LogP contribution in [0.25, 0.3) is 0 Å². The van der Waals surface area contributed by atoms with Gasteiger partial charge in [0.2, 0.25) is 0 Å². The third-order valence-corrected chi connectivity index (χ3v) is 2.67. The van der Waals surface area contributed by atoms with E-state index in [1.165, 1.54) is 7.05 Å². The zero-order valence-corrected chi connectivity index (χ0v) is 11.0. The van der Waals surface area contributed by atoms with Crippen molar-refractivity contribution in [2.24, 2.45) is 10.8 Å². The Labute approximate surface area is 101 Å². The number of rotatable bonds is 3. The Hall–Kier alpha value is -1.88. The van der Waals surface area contributed by atoms with Crippen LogP contribution in [0.15, 0.2) is 15.7 Å². The van der Waals surface area contributed by atoms with Crippen LogP contribution in [0.4, 0.5) is 0 Å². The van der Waals surface area contributed by atoms with E-state index < -0.39 is 20.4 Å². The van der Waals surface area contributed by atoms with Crippen molar-refractivity contribution in [2.45, 2.75) is 13.8 Å². The molecule has 8 heteroatoms. The van der Waals surface area contributed by atoms with Gasteiger partial charge in [0.05, 0.1) is 0 Å². The number of nitriles is 1. The van der Waals surface area contributed by atoms with Crippen LogP contribution < -0.4 is 5.73 Å². The van der Waals surface area contributed by atoms with E-state index in [2.05, 4.69) is 5.10 Å². The van der Waals surface area contributed by atoms with E-state index >= 15 is 0 Å². The fraction of sp³-hybridized carbons (Fsp3) is 0.444. The lowest BCUT2D eigenvalue weighted by atomic mass is 10.3. The highest BCUT2D eigenvalue weighted by Crippen LogP contribution is 2.08. The first-order valence-corrected chi connectivity index (χ1v) is 6.44. The summed E-state index contributed by atoms with van der Waals surface area (Å²) in [6.45, 7) is 3.42. The topological polar surface area (TPSA) is 123 Å². The zero-order valence-electron chi connectivity index (χ0n) is 10.1. The molecular weight excluding hydrogens is 242 g/mol. The Balaban J connectivity index is 5.56. The molecule has 0 aromatic carbocycles. The molecule has 0 fully saturated rings. The second kappa shape index (κ2) is 5.45. The lowest BCUT2D eigenvalue weighted by Crippen LogP contribution is -2.27. The molecule has 0 heterocycles. The lowest BCUT2D eigenvalue weighted by Gasteiger charge is -2.14. The lowest BCUT2D eigenvalue weighted by molar-refractivity contribution is 0.540. The predicted molar refractivity (Wildman–Crippen MR) is 65.9 cm³/mol. The molecule has 94 valence electrons. The smallest absolute Gasteiger partial charge is 0.191 e. The van der Waals surface area contributed by atoms with Gasteiger partial charge in [-0.2, -0.15) is 10.4 Å². The molecular formula is C9H15N5O2S. The Morgan fingerprint density at radius 1 is 1.47 bits per heavy atom. The van der Waals surface area contributed by atoms with Gasteiger partial charge in [-0.15, -0.1) is 0 Å². The van der Waals surface area contributed by atoms with Crippen LogP contribution >= 0.6 is 0 Å². The first-order valence-electron chi connectivity index (χ1n) is 4.55. The molecule has 0 aromatic heterocycles. The maximum Gasteiger partial charge on any atom is 0.191 e. The maximum atomic E-state index is 11.2. The first kappa shape index (κ1) is 15.1. The minimum absolute atomic E-state index is 0.364. The number of amidine groups is 1. The quantitative estimate of drug-likeness (QED) is 0.319. The molecule has 17 heavy (non-hydrogen) atoms. The molecule has 0 spiro atoms. The number of nitrogens with zero attached hydrogens (tertiary/aromatic N) is 3. The number of hydrazone groups is 1. The molecule has 0 saturated carbocycles. The fourth-order valence-electron chi connectivity index (χ4n) is 0.922. The van der Waals surface area contributed by atoms with Crippen molar-refractivity contribution < 1.29 is 8.42 Å². The van der Waals surface area contributed by atoms with Gasteiger partial charge in [-0.1, -0.05) is 0 Å². The Morgan fingerprint density at radius 3 is 2.24 bits per heavy atom. The van der Waals surface area contributed by atoms with E-state index in [4.69, 9.17) is 16.4 Å². The fourth-order valence-corrected chi connectivity index (χ4v) is 1.44. The van der Waals surface area contributed by atoms with E-state index in [1.54, 1.807) is 19.9 Å². The Bertz CT molecular complexity index is 520. The van der Waals surface area contributed by atoms with Crippen molar-refractivity contribution >= 4 is 21.4 Å². The third kappa shape index (κ3) is 4.24. The van der Waals surface area contributed by atoms with Crippen molar-refractivity contribution in [2.75, 3.05) is 13.3 Å². The molecule has 3 N–H and O–H groups in total. The van der Waals surface area contributed by atoms with E-state index in [-0.39, 0.29) is 5.84 Å². The van der Waals surface area contributed by atoms with Crippen molar-refractivity contribution in [3.8, 4) is 6.07 Å². The molecule has 0 saturated heterocycles. The van der Waals surface area contributed by atoms with Gasteiger partial charge in [0.15, 0.2) is 15.7 Å². The molecule has 0 rings (SSSR count). The number of nitrogens with one attached hydrogen (secondary N) is 1. The largest absolute Gasteiger partial charge is 0.388 e. The average molecular weight is 257 g/mol. The van der Waals surface area contributed by atoms with Crippen LogP contribution in [0.3, 0.4) is 0 Å². The molecule has 0 amide bonds. The van der Waals surface area contributed by atoms with Crippen LogP contribution in [0.1, 0.15) is 13.8 Å². The van der Waals surface area contributed by atoms with E-state index in [0.29, 0.717) is 5.71 Å². The zero-order chi connectivity index (χ0) is 13.8. The molecule has 0 atom stereocenters. The van der Waals surface area contributed by atoms with Gasteiger partial charge in [0.1, 0.15) is 16.7 Å². The second-order valence-electron chi connectivity index (χ2n) is 3.54. The highest BCUT2D eigenvalue weighted by molar-refractivity contribution is 7.94. The van der Waals surface area contributed by atoms with Crippen molar-refractivity contribution in [1.29, 1.82) is 10.7 Å². The van der Waals surface area contributed by atoms with Crippen molar-refractivity contribution in [3.63, 3.8) is 0 Å². The summed E-state index contributed by atoms with van der Waals surface area (Å²) in [7, 11) is -2.27. The minimum Gasteiger partial charge on any atom is -0.388 e. The van der Waals surface area contributed by atoms with Crippen molar-refractivity contribution in [3.05, 3.63) is 10.6 Å². The second-order valence-corrected chi connectivity index (χ2v) is 5.53. The molecule has 0 aromatic rings. The standard InChI is InChI=1S/C9H15N5O2S/c1-6(2)13-14(3)8(11)7(5-10)9(12)17(4,15)16/h11H,12H2,1-4H3. The highest BCUT2D eigenvalue weighted by atomic mass is 32.2. The molecule has 0 aliphatic rings. The first-order chi connectivity index (χ1) is 7.61. The number of likely N-dealkylation sites (N-methyl/N-ethyl adjacent to an activating group) is 1. The summed E-state index contributed by atoms with van der Waals surface area (Å²) < 4.78 is 22.4. The minimum atomic E-state index is -3.70. The maximum absolute atomic E-state index is 11.2. The van der Waals surface area contributed by atoms with Crippen LogP contribution in [-0.4, -0.2) is 38.3 Å². The SMILES string of the molecule is CC(C)=NN(C)C(=N)C(C#N)=C(N)S(C)(=O)=O. The Morgan fingerprint density at radius 2 is 1.94 bits per heavy atom. The predicted octanol–water partition coefficient (Wildman–Crippen LogP) is 0.0297. The number of hydrogen-bond donors (Lipinski definition) is 2. The number of sulfone groups is 1. The summed E-state index contributed by atoms with van der Waals surface area (Å²) in [6.07, 6.45) is 0.876. The summed E-state index contributed by atoms with van der Waals surface area (Å²) in [6, 6.07) is 1.60. The van der Waals surface area contributed by atoms with Gasteiger partial charge in [-0.3, -0.25) is 10.4 Å². The summed E-state index contributed by atoms with van der Waals surface area (Å²) in [5.41, 5.74) is 5.57. The van der Waals surface area contributed by atoms with E-state index in [9.17, 15) is 8.42 Å². The van der Waals surface area contributed by atoms with Crippen LogP contribution in [0, 0.1) is 16.7 Å². The summed E-state index contributed by atoms with van der Waals surface area (Å²) in [5, 5.41) is 20.9. The van der Waals surface area contributed by atoms with Gasteiger partial charge in [0.25, 0.3) is 0 Å². The monoisotopic (exact) mass is 257 g/mol. The molecule has 7 nitrogen and oxygen atoms in total. The van der Waals surface area contributed by atoms with Crippen LogP contribution in [0.2, 0.25) is 0 Å². The molecule has 0 aliphatic heterocycles. The van der Waals surface area contributed by atoms with Gasteiger partial charge in [-0.05, 0) is 13.8 Å². The van der Waals surface area contributed by atoms with Gasteiger partial charge < -0.3 is 5.73 Å². The summed E-state index contributed by atoms with van der Waals surface area (Å²) >= 11 is 0. The average Bonchev–Trinajstić information content (AvgIpc) is 2.15. The van der Waals surface area contributed by atoms with E-state index in [1.807, 2.05) is 0 Å². The summed E-state index contributed by atoms with van der Waals surface area (Å²) in [5.74, 6) is -0.364. The van der Waals surface area contributed by atoms with E-state index in [0.717, 1.165) is 11.3 Å². The van der Waals surface area contributed by atoms with Crippen LogP contribution in [0.5, 0.6) is 0 Å².